The molecule has 2 saturated heterocycles. The number of halogens is 1. The zero-order valence-electron chi connectivity index (χ0n) is 14.5. The van der Waals surface area contributed by atoms with Crippen molar-refractivity contribution in [2.75, 3.05) is 31.2 Å². The fraction of sp³-hybridized carbons (Fsp3) is 0.526. The summed E-state index contributed by atoms with van der Waals surface area (Å²) in [7, 11) is 0. The number of carbonyl (C=O) groups excluding carboxylic acids is 1. The van der Waals surface area contributed by atoms with Crippen molar-refractivity contribution < 1.29 is 9.18 Å². The van der Waals surface area contributed by atoms with Crippen LogP contribution in [0.25, 0.3) is 11.0 Å². The van der Waals surface area contributed by atoms with E-state index in [2.05, 4.69) is 9.88 Å². The van der Waals surface area contributed by atoms with E-state index < -0.39 is 6.67 Å². The van der Waals surface area contributed by atoms with Crippen LogP contribution in [0.5, 0.6) is 0 Å². The summed E-state index contributed by atoms with van der Waals surface area (Å²) in [6.07, 6.45) is 2.17. The van der Waals surface area contributed by atoms with Crippen molar-refractivity contribution >= 4 is 22.8 Å². The highest BCUT2D eigenvalue weighted by Gasteiger charge is 2.36. The highest BCUT2D eigenvalue weighted by atomic mass is 19.1. The molecule has 1 atom stereocenters. The van der Waals surface area contributed by atoms with Crippen molar-refractivity contribution in [1.82, 2.24) is 14.9 Å². The lowest BCUT2D eigenvalue weighted by Gasteiger charge is -2.37. The summed E-state index contributed by atoms with van der Waals surface area (Å²) in [5, 5.41) is 0. The van der Waals surface area contributed by atoms with Crippen LogP contribution < -0.4 is 4.90 Å². The molecule has 2 aliphatic heterocycles. The third-order valence-corrected chi connectivity index (χ3v) is 5.38. The van der Waals surface area contributed by atoms with Gasteiger partial charge in [0, 0.05) is 38.0 Å². The van der Waals surface area contributed by atoms with Gasteiger partial charge in [-0.3, -0.25) is 9.18 Å². The molecule has 0 radical (unpaired) electrons. The standard InChI is InChI=1S/C19H23FN4O/c1-13-19(22-17-5-3-2-4-16(17)21-13)23-8-6-15(7-9-23)24-12-14(11-20)10-18(24)25/h2-5,14-15H,6-12H2,1H3. The second-order valence-corrected chi connectivity index (χ2v) is 7.11. The van der Waals surface area contributed by atoms with Crippen molar-refractivity contribution in [3.05, 3.63) is 30.0 Å². The second kappa shape index (κ2) is 6.58. The lowest BCUT2D eigenvalue weighted by molar-refractivity contribution is -0.130. The molecule has 3 heterocycles. The number of piperidine rings is 1. The molecular formula is C19H23FN4O. The summed E-state index contributed by atoms with van der Waals surface area (Å²) < 4.78 is 12.9. The monoisotopic (exact) mass is 342 g/mol. The minimum absolute atomic E-state index is 0.112. The van der Waals surface area contributed by atoms with E-state index in [1.807, 2.05) is 36.1 Å². The fourth-order valence-corrected chi connectivity index (χ4v) is 4.03. The molecule has 5 nitrogen and oxygen atoms in total. The molecule has 1 aromatic heterocycles. The zero-order chi connectivity index (χ0) is 17.4. The molecule has 2 aromatic rings. The van der Waals surface area contributed by atoms with Crippen molar-refractivity contribution in [3.63, 3.8) is 0 Å². The number of para-hydroxylation sites is 2. The van der Waals surface area contributed by atoms with E-state index in [0.717, 1.165) is 48.5 Å². The van der Waals surface area contributed by atoms with E-state index in [1.54, 1.807) is 0 Å². The third kappa shape index (κ3) is 3.05. The molecule has 1 amide bonds. The number of carbonyl (C=O) groups is 1. The smallest absolute Gasteiger partial charge is 0.223 e. The number of aromatic nitrogens is 2. The Balaban J connectivity index is 1.47. The molecule has 0 spiro atoms. The molecule has 0 bridgehead atoms. The van der Waals surface area contributed by atoms with E-state index in [9.17, 15) is 9.18 Å². The van der Waals surface area contributed by atoms with Crippen LogP contribution in [0.4, 0.5) is 10.2 Å². The summed E-state index contributed by atoms with van der Waals surface area (Å²) in [4.78, 5) is 25.7. The first-order valence-electron chi connectivity index (χ1n) is 8.99. The maximum absolute atomic E-state index is 12.9. The first-order chi connectivity index (χ1) is 12.2. The van der Waals surface area contributed by atoms with Gasteiger partial charge in [0.1, 0.15) is 0 Å². The number of fused-ring (bicyclic) bond motifs is 1. The highest BCUT2D eigenvalue weighted by Crippen LogP contribution is 2.28. The molecule has 2 fully saturated rings. The van der Waals surface area contributed by atoms with Gasteiger partial charge >= 0.3 is 0 Å². The normalized spacial score (nSPS) is 22.2. The van der Waals surface area contributed by atoms with Gasteiger partial charge in [-0.15, -0.1) is 0 Å². The van der Waals surface area contributed by atoms with Gasteiger partial charge in [-0.2, -0.15) is 0 Å². The van der Waals surface area contributed by atoms with Gasteiger partial charge in [-0.25, -0.2) is 9.97 Å². The molecule has 1 aromatic carbocycles. The summed E-state index contributed by atoms with van der Waals surface area (Å²) in [5.41, 5.74) is 2.76. The number of hydrogen-bond donors (Lipinski definition) is 0. The van der Waals surface area contributed by atoms with Crippen LogP contribution in [0.3, 0.4) is 0 Å². The first kappa shape index (κ1) is 16.2. The van der Waals surface area contributed by atoms with Crippen LogP contribution >= 0.6 is 0 Å². The molecule has 0 aliphatic carbocycles. The van der Waals surface area contributed by atoms with Crippen LogP contribution in [0.1, 0.15) is 25.0 Å². The maximum atomic E-state index is 12.9. The third-order valence-electron chi connectivity index (χ3n) is 5.38. The largest absolute Gasteiger partial charge is 0.355 e. The van der Waals surface area contributed by atoms with Gasteiger partial charge in [0.05, 0.1) is 23.4 Å². The molecule has 4 rings (SSSR count). The van der Waals surface area contributed by atoms with E-state index in [-0.39, 0.29) is 17.9 Å². The van der Waals surface area contributed by atoms with Crippen LogP contribution in [-0.4, -0.2) is 53.1 Å². The van der Waals surface area contributed by atoms with Crippen LogP contribution in [0.2, 0.25) is 0 Å². The summed E-state index contributed by atoms with van der Waals surface area (Å²) in [6, 6.07) is 8.14. The van der Waals surface area contributed by atoms with Crippen molar-refractivity contribution in [2.45, 2.75) is 32.2 Å². The van der Waals surface area contributed by atoms with E-state index in [1.165, 1.54) is 0 Å². The van der Waals surface area contributed by atoms with Gasteiger partial charge in [0.25, 0.3) is 0 Å². The molecule has 0 saturated carbocycles. The minimum Gasteiger partial charge on any atom is -0.355 e. The Labute approximate surface area is 146 Å². The van der Waals surface area contributed by atoms with Crippen molar-refractivity contribution in [1.29, 1.82) is 0 Å². The molecule has 6 heteroatoms. The average Bonchev–Trinajstić information content (AvgIpc) is 3.02. The number of aryl methyl sites for hydroxylation is 1. The number of rotatable bonds is 3. The number of anilines is 1. The average molecular weight is 342 g/mol. The Bertz CT molecular complexity index is 788. The SMILES string of the molecule is Cc1nc2ccccc2nc1N1CCC(N2CC(CF)CC2=O)CC1. The Morgan fingerprint density at radius 1 is 1.16 bits per heavy atom. The molecule has 2 aliphatic rings. The Hall–Kier alpha value is -2.24. The molecule has 0 N–H and O–H groups in total. The Kier molecular flexibility index (Phi) is 4.27. The lowest BCUT2D eigenvalue weighted by Crippen LogP contribution is -2.46. The molecule has 132 valence electrons. The lowest BCUT2D eigenvalue weighted by atomic mass is 10.0. The molecular weight excluding hydrogens is 319 g/mol. The number of nitrogens with zero attached hydrogens (tertiary/aromatic N) is 4. The van der Waals surface area contributed by atoms with Crippen LogP contribution in [-0.2, 0) is 4.79 Å². The zero-order valence-corrected chi connectivity index (χ0v) is 14.5. The second-order valence-electron chi connectivity index (χ2n) is 7.11. The summed E-state index contributed by atoms with van der Waals surface area (Å²) in [5.74, 6) is 0.938. The van der Waals surface area contributed by atoms with Crippen LogP contribution in [0.15, 0.2) is 24.3 Å². The Morgan fingerprint density at radius 3 is 2.48 bits per heavy atom. The summed E-state index contributed by atoms with van der Waals surface area (Å²) >= 11 is 0. The van der Waals surface area contributed by atoms with Crippen LogP contribution in [0, 0.1) is 12.8 Å². The number of alkyl halides is 1. The predicted molar refractivity (Wildman–Crippen MR) is 95.3 cm³/mol. The van der Waals surface area contributed by atoms with E-state index >= 15 is 0 Å². The quantitative estimate of drug-likeness (QED) is 0.861. The van der Waals surface area contributed by atoms with Gasteiger partial charge in [-0.1, -0.05) is 12.1 Å². The van der Waals surface area contributed by atoms with Gasteiger partial charge in [-0.05, 0) is 31.9 Å². The topological polar surface area (TPSA) is 49.3 Å². The minimum atomic E-state index is -0.396. The molecule has 1 unspecified atom stereocenters. The maximum Gasteiger partial charge on any atom is 0.223 e. The number of benzene rings is 1. The van der Waals surface area contributed by atoms with E-state index in [0.29, 0.717) is 13.0 Å². The highest BCUT2D eigenvalue weighted by molar-refractivity contribution is 5.79. The van der Waals surface area contributed by atoms with Crippen molar-refractivity contribution in [2.24, 2.45) is 5.92 Å². The Morgan fingerprint density at radius 2 is 1.84 bits per heavy atom. The van der Waals surface area contributed by atoms with Gasteiger partial charge in [0.15, 0.2) is 5.82 Å². The summed E-state index contributed by atoms with van der Waals surface area (Å²) in [6.45, 7) is 3.88. The van der Waals surface area contributed by atoms with E-state index in [4.69, 9.17) is 4.98 Å². The number of hydrogen-bond acceptors (Lipinski definition) is 4. The fourth-order valence-electron chi connectivity index (χ4n) is 4.03. The van der Waals surface area contributed by atoms with Gasteiger partial charge in [0.2, 0.25) is 5.91 Å². The first-order valence-corrected chi connectivity index (χ1v) is 8.99. The van der Waals surface area contributed by atoms with Crippen molar-refractivity contribution in [3.8, 4) is 0 Å². The van der Waals surface area contributed by atoms with Gasteiger partial charge < -0.3 is 9.80 Å². The molecule has 25 heavy (non-hydrogen) atoms. The number of amides is 1. The number of likely N-dealkylation sites (tertiary alicyclic amines) is 1. The predicted octanol–water partition coefficient (Wildman–Crippen LogP) is 2.73.